The minimum atomic E-state index is -0.576. The van der Waals surface area contributed by atoms with Crippen molar-refractivity contribution >= 4 is 28.6 Å². The third-order valence-corrected chi connectivity index (χ3v) is 7.48. The molecular weight excluding hydrogens is 496 g/mol. The molecule has 1 unspecified atom stereocenters. The van der Waals surface area contributed by atoms with Crippen molar-refractivity contribution in [2.45, 2.75) is 44.4 Å². The molecule has 206 valence electrons. The van der Waals surface area contributed by atoms with Crippen LogP contribution in [0.1, 0.15) is 43.6 Å². The van der Waals surface area contributed by atoms with Crippen molar-refractivity contribution in [2.24, 2.45) is 0 Å². The molecule has 3 N–H and O–H groups in total. The van der Waals surface area contributed by atoms with Gasteiger partial charge in [0, 0.05) is 59.9 Å². The van der Waals surface area contributed by atoms with Gasteiger partial charge in [-0.2, -0.15) is 0 Å². The summed E-state index contributed by atoms with van der Waals surface area (Å²) in [5.74, 6) is 0.678. The van der Waals surface area contributed by atoms with Gasteiger partial charge in [0.1, 0.15) is 11.4 Å². The van der Waals surface area contributed by atoms with Crippen molar-refractivity contribution in [3.05, 3.63) is 71.9 Å². The van der Waals surface area contributed by atoms with Gasteiger partial charge in [0.25, 0.3) is 0 Å². The van der Waals surface area contributed by atoms with Gasteiger partial charge in [-0.05, 0) is 62.2 Å². The van der Waals surface area contributed by atoms with E-state index >= 15 is 0 Å². The molecule has 2 aliphatic rings. The Hall–Kier alpha value is -3.82. The molecule has 5 rings (SSSR count). The summed E-state index contributed by atoms with van der Waals surface area (Å²) in [6.45, 7) is 11.5. The van der Waals surface area contributed by atoms with Crippen molar-refractivity contribution in [1.29, 1.82) is 0 Å². The van der Waals surface area contributed by atoms with Gasteiger partial charge < -0.3 is 24.5 Å². The maximum absolute atomic E-state index is 12.4. The summed E-state index contributed by atoms with van der Waals surface area (Å²) in [7, 11) is 1.64. The van der Waals surface area contributed by atoms with Crippen LogP contribution in [0.5, 0.6) is 5.75 Å². The van der Waals surface area contributed by atoms with E-state index in [1.54, 1.807) is 7.11 Å². The summed E-state index contributed by atoms with van der Waals surface area (Å²) >= 11 is 0. The van der Waals surface area contributed by atoms with Gasteiger partial charge in [-0.3, -0.25) is 15.0 Å². The highest BCUT2D eigenvalue weighted by molar-refractivity contribution is 5.91. The number of carbonyl (C=O) groups is 2. The minimum absolute atomic E-state index is 0.0549. The number of benzene rings is 2. The van der Waals surface area contributed by atoms with Crippen LogP contribution in [0.15, 0.2) is 55.1 Å². The molecule has 9 heteroatoms. The summed E-state index contributed by atoms with van der Waals surface area (Å²) in [4.78, 5) is 32.2. The Labute approximate surface area is 228 Å². The number of rotatable bonds is 6. The van der Waals surface area contributed by atoms with Gasteiger partial charge in [0.15, 0.2) is 0 Å². The number of amides is 2. The summed E-state index contributed by atoms with van der Waals surface area (Å²) in [5, 5.41) is 14.4. The SMILES string of the molecule is C=CC(=O)N1CC2(C1)CN(Cc1ccc(NC(=O)OC(C)(C)C)cc1)C(CO)c1[nH]c3cc(OC)ccc3c12. The average Bonchev–Trinajstić information content (AvgIpc) is 3.25. The number of ether oxygens (including phenoxy) is 2. The minimum Gasteiger partial charge on any atom is -0.497 e. The topological polar surface area (TPSA) is 107 Å². The number of aliphatic hydroxyl groups is 1. The van der Waals surface area contributed by atoms with Gasteiger partial charge in [-0.1, -0.05) is 18.7 Å². The standard InChI is InChI=1S/C30H36N4O5/c1-6-25(36)34-17-30(18-34)16-33(14-19-7-9-20(10-8-19)31-28(37)39-29(2,3)4)24(15-35)27-26(30)22-12-11-21(38-5)13-23(22)32-27/h6-13,24,32,35H,1,14-18H2,2-5H3,(H,31,37). The molecule has 0 saturated carbocycles. The predicted octanol–water partition coefficient (Wildman–Crippen LogP) is 4.34. The van der Waals surface area contributed by atoms with Crippen molar-refractivity contribution in [2.75, 3.05) is 38.7 Å². The second kappa shape index (κ2) is 10.1. The number of H-pyrrole nitrogens is 1. The molecule has 0 radical (unpaired) electrons. The number of nitrogens with zero attached hydrogens (tertiary/aromatic N) is 2. The fourth-order valence-corrected chi connectivity index (χ4v) is 5.86. The smallest absolute Gasteiger partial charge is 0.412 e. The quantitative estimate of drug-likeness (QED) is 0.408. The van der Waals surface area contributed by atoms with Crippen molar-refractivity contribution in [3.8, 4) is 5.75 Å². The molecule has 1 fully saturated rings. The fourth-order valence-electron chi connectivity index (χ4n) is 5.86. The zero-order valence-corrected chi connectivity index (χ0v) is 22.9. The van der Waals surface area contributed by atoms with E-state index in [0.29, 0.717) is 31.9 Å². The van der Waals surface area contributed by atoms with E-state index in [0.717, 1.165) is 27.9 Å². The third-order valence-electron chi connectivity index (χ3n) is 7.48. The zero-order chi connectivity index (χ0) is 27.9. The third kappa shape index (κ3) is 5.12. The second-order valence-corrected chi connectivity index (χ2v) is 11.4. The van der Waals surface area contributed by atoms with Crippen LogP contribution in [0.25, 0.3) is 10.9 Å². The molecule has 2 aromatic carbocycles. The molecule has 1 saturated heterocycles. The molecule has 1 spiro atoms. The number of hydrogen-bond donors (Lipinski definition) is 3. The Morgan fingerprint density at radius 1 is 1.18 bits per heavy atom. The largest absolute Gasteiger partial charge is 0.497 e. The van der Waals surface area contributed by atoms with Crippen LogP contribution in [0.3, 0.4) is 0 Å². The number of aliphatic hydroxyl groups excluding tert-OH is 1. The predicted molar refractivity (Wildman–Crippen MR) is 150 cm³/mol. The van der Waals surface area contributed by atoms with E-state index in [1.807, 2.05) is 62.1 Å². The first-order chi connectivity index (χ1) is 18.6. The lowest BCUT2D eigenvalue weighted by Crippen LogP contribution is -2.67. The first-order valence-corrected chi connectivity index (χ1v) is 13.1. The van der Waals surface area contributed by atoms with E-state index in [4.69, 9.17) is 9.47 Å². The number of nitrogens with one attached hydrogen (secondary N) is 2. The summed E-state index contributed by atoms with van der Waals surface area (Å²) in [6.07, 6.45) is 0.859. The lowest BCUT2D eigenvalue weighted by molar-refractivity contribution is -0.135. The Balaban J connectivity index is 1.43. The van der Waals surface area contributed by atoms with Crippen LogP contribution >= 0.6 is 0 Å². The molecule has 2 amide bonds. The van der Waals surface area contributed by atoms with E-state index in [9.17, 15) is 14.7 Å². The van der Waals surface area contributed by atoms with Crippen molar-refractivity contribution in [3.63, 3.8) is 0 Å². The molecule has 1 atom stereocenters. The number of aromatic nitrogens is 1. The first kappa shape index (κ1) is 26.8. The lowest BCUT2D eigenvalue weighted by atomic mass is 9.68. The molecule has 1 aromatic heterocycles. The summed E-state index contributed by atoms with van der Waals surface area (Å²) in [6, 6.07) is 13.4. The summed E-state index contributed by atoms with van der Waals surface area (Å²) in [5.41, 5.74) is 3.92. The molecule has 0 aliphatic carbocycles. The monoisotopic (exact) mass is 532 g/mol. The normalized spacial score (nSPS) is 18.4. The van der Waals surface area contributed by atoms with E-state index in [-0.39, 0.29) is 24.0 Å². The summed E-state index contributed by atoms with van der Waals surface area (Å²) < 4.78 is 10.8. The molecule has 2 aliphatic heterocycles. The van der Waals surface area contributed by atoms with Gasteiger partial charge in [0.05, 0.1) is 19.8 Å². The zero-order valence-electron chi connectivity index (χ0n) is 22.9. The molecular formula is C30H36N4O5. The number of methoxy groups -OCH3 is 1. The van der Waals surface area contributed by atoms with Crippen molar-refractivity contribution < 1.29 is 24.2 Å². The van der Waals surface area contributed by atoms with Crippen LogP contribution < -0.4 is 10.1 Å². The van der Waals surface area contributed by atoms with Gasteiger partial charge in [0.2, 0.25) is 5.91 Å². The second-order valence-electron chi connectivity index (χ2n) is 11.4. The maximum atomic E-state index is 12.4. The molecule has 39 heavy (non-hydrogen) atoms. The Morgan fingerprint density at radius 3 is 2.51 bits per heavy atom. The number of anilines is 1. The first-order valence-electron chi connectivity index (χ1n) is 13.1. The van der Waals surface area contributed by atoms with Crippen LogP contribution in [-0.2, 0) is 21.5 Å². The van der Waals surface area contributed by atoms with Crippen LogP contribution in [-0.4, -0.2) is 70.8 Å². The van der Waals surface area contributed by atoms with Gasteiger partial charge >= 0.3 is 6.09 Å². The number of aromatic amines is 1. The Morgan fingerprint density at radius 2 is 1.90 bits per heavy atom. The number of hydrogen-bond acceptors (Lipinski definition) is 6. The maximum Gasteiger partial charge on any atom is 0.412 e. The highest BCUT2D eigenvalue weighted by Gasteiger charge is 2.53. The Kier molecular flexibility index (Phi) is 6.90. The van der Waals surface area contributed by atoms with Crippen LogP contribution in [0, 0.1) is 0 Å². The van der Waals surface area contributed by atoms with E-state index in [1.165, 1.54) is 11.6 Å². The Bertz CT molecular complexity index is 1400. The van der Waals surface area contributed by atoms with E-state index < -0.39 is 11.7 Å². The van der Waals surface area contributed by atoms with Gasteiger partial charge in [-0.25, -0.2) is 4.79 Å². The van der Waals surface area contributed by atoms with E-state index in [2.05, 4.69) is 27.8 Å². The highest BCUT2D eigenvalue weighted by atomic mass is 16.6. The number of carbonyl (C=O) groups excluding carboxylic acids is 2. The number of fused-ring (bicyclic) bond motifs is 4. The molecule has 9 nitrogen and oxygen atoms in total. The number of likely N-dealkylation sites (tertiary alicyclic amines) is 1. The average molecular weight is 533 g/mol. The molecule has 3 aromatic rings. The van der Waals surface area contributed by atoms with Crippen molar-refractivity contribution in [1.82, 2.24) is 14.8 Å². The fraction of sp³-hybridized carbons (Fsp3) is 0.400. The van der Waals surface area contributed by atoms with Crippen LogP contribution in [0.2, 0.25) is 0 Å². The van der Waals surface area contributed by atoms with Crippen LogP contribution in [0.4, 0.5) is 10.5 Å². The molecule has 0 bridgehead atoms. The lowest BCUT2D eigenvalue weighted by Gasteiger charge is -2.56. The molecule has 3 heterocycles. The highest BCUT2D eigenvalue weighted by Crippen LogP contribution is 2.49. The van der Waals surface area contributed by atoms with Gasteiger partial charge in [-0.15, -0.1) is 0 Å².